The van der Waals surface area contributed by atoms with Crippen LogP contribution in [0, 0.1) is 0 Å². The van der Waals surface area contributed by atoms with E-state index in [4.69, 9.17) is 9.40 Å². The quantitative estimate of drug-likeness (QED) is 0.679. The molecule has 0 unspecified atom stereocenters. The first-order valence-corrected chi connectivity index (χ1v) is 6.17. The molecular weight excluding hydrogens is 224 g/mol. The number of furan rings is 1. The number of rotatable bonds is 2. The second-order valence-corrected chi connectivity index (χ2v) is 4.86. The first kappa shape index (κ1) is 11.1. The van der Waals surface area contributed by atoms with E-state index in [1.807, 2.05) is 12.1 Å². The Labute approximate surface area is 106 Å². The molecule has 2 heterocycles. The van der Waals surface area contributed by atoms with Crippen LogP contribution in [0.15, 0.2) is 41.0 Å². The van der Waals surface area contributed by atoms with E-state index in [1.54, 1.807) is 6.26 Å². The van der Waals surface area contributed by atoms with Gasteiger partial charge in [-0.3, -0.25) is 0 Å². The largest absolute Gasteiger partial charge is 0.464 e. The van der Waals surface area contributed by atoms with E-state index in [2.05, 4.69) is 43.7 Å². The van der Waals surface area contributed by atoms with Crippen molar-refractivity contribution in [3.8, 4) is 11.3 Å². The maximum atomic E-state index is 5.42. The minimum absolute atomic E-state index is 0.425. The highest BCUT2D eigenvalue weighted by Gasteiger charge is 2.12. The molecule has 0 bridgehead atoms. The molecule has 0 amide bonds. The third-order valence-corrected chi connectivity index (χ3v) is 3.24. The summed E-state index contributed by atoms with van der Waals surface area (Å²) in [4.78, 5) is 4.70. The lowest BCUT2D eigenvalue weighted by Gasteiger charge is -2.04. The molecule has 0 atom stereocenters. The van der Waals surface area contributed by atoms with Gasteiger partial charge in [-0.05, 0) is 30.3 Å². The molecule has 2 aromatic heterocycles. The summed E-state index contributed by atoms with van der Waals surface area (Å²) in [6.45, 7) is 4.32. The molecule has 0 aliphatic heterocycles. The molecule has 92 valence electrons. The molecule has 3 heteroatoms. The van der Waals surface area contributed by atoms with E-state index in [0.29, 0.717) is 5.92 Å². The second-order valence-electron chi connectivity index (χ2n) is 4.86. The number of aromatic nitrogens is 2. The zero-order chi connectivity index (χ0) is 12.7. The average Bonchev–Trinajstić information content (AvgIpc) is 2.97. The van der Waals surface area contributed by atoms with Gasteiger partial charge < -0.3 is 8.98 Å². The van der Waals surface area contributed by atoms with Crippen molar-refractivity contribution in [2.45, 2.75) is 19.8 Å². The van der Waals surface area contributed by atoms with Gasteiger partial charge in [0.05, 0.1) is 17.3 Å². The Kier molecular flexibility index (Phi) is 2.47. The molecule has 0 N–H and O–H groups in total. The fraction of sp³-hybridized carbons (Fsp3) is 0.267. The van der Waals surface area contributed by atoms with Crippen molar-refractivity contribution in [3.63, 3.8) is 0 Å². The number of hydrogen-bond donors (Lipinski definition) is 0. The van der Waals surface area contributed by atoms with Crippen molar-refractivity contribution >= 4 is 11.0 Å². The van der Waals surface area contributed by atoms with Crippen molar-refractivity contribution in [1.29, 1.82) is 0 Å². The van der Waals surface area contributed by atoms with Crippen LogP contribution in [0.2, 0.25) is 0 Å². The van der Waals surface area contributed by atoms with Crippen LogP contribution in [0.5, 0.6) is 0 Å². The smallest absolute Gasteiger partial charge is 0.133 e. The molecule has 0 aliphatic carbocycles. The fourth-order valence-corrected chi connectivity index (χ4v) is 2.33. The van der Waals surface area contributed by atoms with Gasteiger partial charge in [0.25, 0.3) is 0 Å². The zero-order valence-corrected chi connectivity index (χ0v) is 10.8. The van der Waals surface area contributed by atoms with Gasteiger partial charge in [0.2, 0.25) is 0 Å². The average molecular weight is 240 g/mol. The van der Waals surface area contributed by atoms with Crippen molar-refractivity contribution in [3.05, 3.63) is 42.4 Å². The summed E-state index contributed by atoms with van der Waals surface area (Å²) in [7, 11) is 2.07. The Balaban J connectivity index is 2.19. The molecule has 18 heavy (non-hydrogen) atoms. The van der Waals surface area contributed by atoms with Crippen LogP contribution in [0.4, 0.5) is 0 Å². The van der Waals surface area contributed by atoms with Crippen LogP contribution in [0.1, 0.15) is 25.6 Å². The zero-order valence-electron chi connectivity index (χ0n) is 10.8. The molecule has 0 fully saturated rings. The molecule has 0 saturated heterocycles. The van der Waals surface area contributed by atoms with Gasteiger partial charge >= 0.3 is 0 Å². The van der Waals surface area contributed by atoms with Crippen LogP contribution in [-0.2, 0) is 7.05 Å². The lowest BCUT2D eigenvalue weighted by atomic mass is 10.1. The number of hydrogen-bond acceptors (Lipinski definition) is 2. The summed E-state index contributed by atoms with van der Waals surface area (Å²) < 4.78 is 7.58. The highest BCUT2D eigenvalue weighted by Crippen LogP contribution is 2.26. The van der Waals surface area contributed by atoms with E-state index in [9.17, 15) is 0 Å². The number of nitrogens with zero attached hydrogens (tertiary/aromatic N) is 2. The van der Waals surface area contributed by atoms with Gasteiger partial charge in [-0.1, -0.05) is 13.8 Å². The lowest BCUT2D eigenvalue weighted by Crippen LogP contribution is -1.99. The first-order valence-electron chi connectivity index (χ1n) is 6.17. The van der Waals surface area contributed by atoms with E-state index >= 15 is 0 Å². The molecule has 0 spiro atoms. The predicted molar refractivity (Wildman–Crippen MR) is 72.5 cm³/mol. The van der Waals surface area contributed by atoms with Crippen LogP contribution >= 0.6 is 0 Å². The number of imidazole rings is 1. The van der Waals surface area contributed by atoms with Crippen molar-refractivity contribution in [2.75, 3.05) is 0 Å². The van der Waals surface area contributed by atoms with Gasteiger partial charge in [-0.2, -0.15) is 0 Å². The topological polar surface area (TPSA) is 31.0 Å². The summed E-state index contributed by atoms with van der Waals surface area (Å²) in [5, 5.41) is 0. The maximum Gasteiger partial charge on any atom is 0.133 e. The maximum absolute atomic E-state index is 5.42. The molecule has 0 radical (unpaired) electrons. The normalized spacial score (nSPS) is 11.6. The van der Waals surface area contributed by atoms with Gasteiger partial charge in [-0.15, -0.1) is 0 Å². The Morgan fingerprint density at radius 2 is 2.06 bits per heavy atom. The van der Waals surface area contributed by atoms with E-state index < -0.39 is 0 Å². The van der Waals surface area contributed by atoms with Crippen molar-refractivity contribution in [1.82, 2.24) is 9.55 Å². The Bertz CT molecular complexity index is 678. The number of fused-ring (bicyclic) bond motifs is 1. The molecule has 3 aromatic rings. The molecular formula is C15H16N2O. The monoisotopic (exact) mass is 240 g/mol. The molecule has 3 rings (SSSR count). The highest BCUT2D eigenvalue weighted by molar-refractivity contribution is 5.81. The van der Waals surface area contributed by atoms with Crippen LogP contribution in [0.3, 0.4) is 0 Å². The minimum Gasteiger partial charge on any atom is -0.464 e. The van der Waals surface area contributed by atoms with Crippen LogP contribution < -0.4 is 0 Å². The molecule has 0 aliphatic rings. The summed E-state index contributed by atoms with van der Waals surface area (Å²) in [6.07, 6.45) is 1.69. The van der Waals surface area contributed by atoms with Crippen molar-refractivity contribution in [2.24, 2.45) is 7.05 Å². The standard InChI is InChI=1S/C15H16N2O/c1-10(2)15-16-12-9-11(14-5-4-8-18-14)6-7-13(12)17(15)3/h4-10H,1-3H3. The number of benzene rings is 1. The molecule has 0 saturated carbocycles. The summed E-state index contributed by atoms with van der Waals surface area (Å²) >= 11 is 0. The summed E-state index contributed by atoms with van der Waals surface area (Å²) in [5.74, 6) is 2.42. The SMILES string of the molecule is CC(C)c1nc2cc(-c3ccco3)ccc2n1C. The van der Waals surface area contributed by atoms with E-state index in [0.717, 1.165) is 28.2 Å². The van der Waals surface area contributed by atoms with Crippen LogP contribution in [0.25, 0.3) is 22.4 Å². The first-order chi connectivity index (χ1) is 8.66. The fourth-order valence-electron chi connectivity index (χ4n) is 2.33. The van der Waals surface area contributed by atoms with Crippen LogP contribution in [-0.4, -0.2) is 9.55 Å². The van der Waals surface area contributed by atoms with Gasteiger partial charge in [-0.25, -0.2) is 4.98 Å². The third kappa shape index (κ3) is 1.63. The Hall–Kier alpha value is -2.03. The number of aryl methyl sites for hydroxylation is 1. The molecule has 1 aromatic carbocycles. The third-order valence-electron chi connectivity index (χ3n) is 3.24. The van der Waals surface area contributed by atoms with E-state index in [1.165, 1.54) is 0 Å². The minimum atomic E-state index is 0.425. The molecule has 3 nitrogen and oxygen atoms in total. The summed E-state index contributed by atoms with van der Waals surface area (Å²) in [5.41, 5.74) is 3.25. The van der Waals surface area contributed by atoms with Gasteiger partial charge in [0, 0.05) is 18.5 Å². The van der Waals surface area contributed by atoms with Crippen molar-refractivity contribution < 1.29 is 4.42 Å². The summed E-state index contributed by atoms with van der Waals surface area (Å²) in [6, 6.07) is 10.1. The highest BCUT2D eigenvalue weighted by atomic mass is 16.3. The Morgan fingerprint density at radius 1 is 1.22 bits per heavy atom. The predicted octanol–water partition coefficient (Wildman–Crippen LogP) is 3.96. The second kappa shape index (κ2) is 4.02. The van der Waals surface area contributed by atoms with Gasteiger partial charge in [0.15, 0.2) is 0 Å². The van der Waals surface area contributed by atoms with E-state index in [-0.39, 0.29) is 0 Å². The lowest BCUT2D eigenvalue weighted by molar-refractivity contribution is 0.582. The van der Waals surface area contributed by atoms with Gasteiger partial charge in [0.1, 0.15) is 11.6 Å². The Morgan fingerprint density at radius 3 is 2.72 bits per heavy atom.